The van der Waals surface area contributed by atoms with Crippen LogP contribution in [0.15, 0.2) is 42.5 Å². The lowest BCUT2D eigenvalue weighted by atomic mass is 10.1. The average Bonchev–Trinajstić information content (AvgIpc) is 2.74. The zero-order valence-corrected chi connectivity index (χ0v) is 15.3. The lowest BCUT2D eigenvalue weighted by Gasteiger charge is -2.23. The standard InChI is InChI=1S/C20H23ClN2O2/c1-3-19-13-23(12-16-6-7-17(21)10-20(16)25-19)11-15-4-8-18(9-5-15)22-14(2)24/h4-10,19H,3,11-13H2,1-2H3,(H,22,24)/t19-/m0/s1. The fraction of sp³-hybridized carbons (Fsp3) is 0.350. The highest BCUT2D eigenvalue weighted by atomic mass is 35.5. The molecule has 0 saturated heterocycles. The van der Waals surface area contributed by atoms with Gasteiger partial charge >= 0.3 is 0 Å². The topological polar surface area (TPSA) is 41.6 Å². The van der Waals surface area contributed by atoms with E-state index in [4.69, 9.17) is 16.3 Å². The molecule has 4 nitrogen and oxygen atoms in total. The molecule has 2 aromatic carbocycles. The van der Waals surface area contributed by atoms with Crippen molar-refractivity contribution in [3.63, 3.8) is 0 Å². The summed E-state index contributed by atoms with van der Waals surface area (Å²) < 4.78 is 6.14. The van der Waals surface area contributed by atoms with E-state index < -0.39 is 0 Å². The molecule has 0 saturated carbocycles. The molecular formula is C20H23ClN2O2. The molecule has 25 heavy (non-hydrogen) atoms. The summed E-state index contributed by atoms with van der Waals surface area (Å²) in [6, 6.07) is 13.9. The summed E-state index contributed by atoms with van der Waals surface area (Å²) in [5.41, 5.74) is 3.19. The van der Waals surface area contributed by atoms with Crippen LogP contribution < -0.4 is 10.1 Å². The first-order valence-corrected chi connectivity index (χ1v) is 8.95. The van der Waals surface area contributed by atoms with Crippen LogP contribution >= 0.6 is 11.6 Å². The van der Waals surface area contributed by atoms with Gasteiger partial charge in [0, 0.05) is 42.8 Å². The van der Waals surface area contributed by atoms with Crippen molar-refractivity contribution in [1.82, 2.24) is 4.90 Å². The smallest absolute Gasteiger partial charge is 0.221 e. The highest BCUT2D eigenvalue weighted by Crippen LogP contribution is 2.29. The Labute approximate surface area is 153 Å². The number of hydrogen-bond acceptors (Lipinski definition) is 3. The first kappa shape index (κ1) is 17.8. The predicted molar refractivity (Wildman–Crippen MR) is 101 cm³/mol. The van der Waals surface area contributed by atoms with Gasteiger partial charge in [-0.3, -0.25) is 9.69 Å². The Morgan fingerprint density at radius 3 is 2.72 bits per heavy atom. The summed E-state index contributed by atoms with van der Waals surface area (Å²) in [6.45, 7) is 6.19. The summed E-state index contributed by atoms with van der Waals surface area (Å²) in [5, 5.41) is 3.50. The van der Waals surface area contributed by atoms with Gasteiger partial charge in [-0.15, -0.1) is 0 Å². The Balaban J connectivity index is 1.75. The lowest BCUT2D eigenvalue weighted by Crippen LogP contribution is -2.32. The van der Waals surface area contributed by atoms with Crippen molar-refractivity contribution in [2.75, 3.05) is 11.9 Å². The number of amides is 1. The zero-order valence-electron chi connectivity index (χ0n) is 14.6. The summed E-state index contributed by atoms with van der Waals surface area (Å²) >= 11 is 6.11. The molecule has 1 N–H and O–H groups in total. The maximum atomic E-state index is 11.1. The predicted octanol–water partition coefficient (Wildman–Crippen LogP) is 4.47. The van der Waals surface area contributed by atoms with Gasteiger partial charge < -0.3 is 10.1 Å². The fourth-order valence-corrected chi connectivity index (χ4v) is 3.23. The second-order valence-corrected chi connectivity index (χ2v) is 6.88. The second kappa shape index (κ2) is 7.89. The normalized spacial score (nSPS) is 17.3. The molecule has 0 bridgehead atoms. The van der Waals surface area contributed by atoms with Crippen molar-refractivity contribution in [2.24, 2.45) is 0 Å². The molecule has 0 spiro atoms. The van der Waals surface area contributed by atoms with Gasteiger partial charge in [0.1, 0.15) is 11.9 Å². The van der Waals surface area contributed by atoms with Crippen LogP contribution in [0.4, 0.5) is 5.69 Å². The lowest BCUT2D eigenvalue weighted by molar-refractivity contribution is -0.114. The Hall–Kier alpha value is -2.04. The van der Waals surface area contributed by atoms with Crippen LogP contribution in [-0.4, -0.2) is 23.5 Å². The largest absolute Gasteiger partial charge is 0.489 e. The molecule has 3 rings (SSSR count). The van der Waals surface area contributed by atoms with Gasteiger partial charge in [0.25, 0.3) is 0 Å². The van der Waals surface area contributed by atoms with E-state index in [1.54, 1.807) is 0 Å². The quantitative estimate of drug-likeness (QED) is 0.876. The molecule has 1 aliphatic heterocycles. The summed E-state index contributed by atoms with van der Waals surface area (Å²) in [7, 11) is 0. The van der Waals surface area contributed by atoms with Crippen molar-refractivity contribution in [1.29, 1.82) is 0 Å². The maximum absolute atomic E-state index is 11.1. The Morgan fingerprint density at radius 2 is 2.04 bits per heavy atom. The number of halogens is 1. The van der Waals surface area contributed by atoms with Crippen LogP contribution in [0.25, 0.3) is 0 Å². The molecule has 0 radical (unpaired) electrons. The fourth-order valence-electron chi connectivity index (χ4n) is 3.07. The van der Waals surface area contributed by atoms with E-state index in [2.05, 4.69) is 29.3 Å². The number of ether oxygens (including phenoxy) is 1. The molecule has 0 fully saturated rings. The van der Waals surface area contributed by atoms with Crippen LogP contribution in [0.3, 0.4) is 0 Å². The number of carbonyl (C=O) groups excluding carboxylic acids is 1. The van der Waals surface area contributed by atoms with Crippen LogP contribution in [0.2, 0.25) is 5.02 Å². The highest BCUT2D eigenvalue weighted by molar-refractivity contribution is 6.30. The van der Waals surface area contributed by atoms with E-state index in [0.29, 0.717) is 5.02 Å². The SMILES string of the molecule is CC[C@H]1CN(Cc2ccc(NC(C)=O)cc2)Cc2ccc(Cl)cc2O1. The number of nitrogens with zero attached hydrogens (tertiary/aromatic N) is 1. The third-order valence-electron chi connectivity index (χ3n) is 4.31. The molecule has 132 valence electrons. The summed E-state index contributed by atoms with van der Waals surface area (Å²) in [6.07, 6.45) is 1.10. The summed E-state index contributed by atoms with van der Waals surface area (Å²) in [4.78, 5) is 13.5. The minimum absolute atomic E-state index is 0.0570. The monoisotopic (exact) mass is 358 g/mol. The van der Waals surface area contributed by atoms with E-state index in [1.165, 1.54) is 12.5 Å². The van der Waals surface area contributed by atoms with E-state index in [-0.39, 0.29) is 12.0 Å². The first-order chi connectivity index (χ1) is 12.0. The van der Waals surface area contributed by atoms with Crippen molar-refractivity contribution in [2.45, 2.75) is 39.5 Å². The molecule has 1 amide bonds. The van der Waals surface area contributed by atoms with Crippen LogP contribution in [0.5, 0.6) is 5.75 Å². The number of hydrogen-bond donors (Lipinski definition) is 1. The molecule has 0 unspecified atom stereocenters. The molecule has 0 aliphatic carbocycles. The van der Waals surface area contributed by atoms with Crippen molar-refractivity contribution in [3.8, 4) is 5.75 Å². The van der Waals surface area contributed by atoms with E-state index in [0.717, 1.165) is 43.1 Å². The van der Waals surface area contributed by atoms with Gasteiger partial charge in [-0.05, 0) is 36.2 Å². The molecule has 1 atom stereocenters. The molecule has 0 aromatic heterocycles. The Kier molecular flexibility index (Phi) is 5.61. The molecular weight excluding hydrogens is 336 g/mol. The third kappa shape index (κ3) is 4.74. The van der Waals surface area contributed by atoms with Gasteiger partial charge in [0.05, 0.1) is 0 Å². The maximum Gasteiger partial charge on any atom is 0.221 e. The molecule has 1 aliphatic rings. The average molecular weight is 359 g/mol. The van der Waals surface area contributed by atoms with Gasteiger partial charge in [0.2, 0.25) is 5.91 Å². The minimum Gasteiger partial charge on any atom is -0.489 e. The van der Waals surface area contributed by atoms with Gasteiger partial charge in [-0.1, -0.05) is 36.7 Å². The highest BCUT2D eigenvalue weighted by Gasteiger charge is 2.22. The molecule has 1 heterocycles. The zero-order chi connectivity index (χ0) is 17.8. The second-order valence-electron chi connectivity index (χ2n) is 6.45. The number of carbonyl (C=O) groups is 1. The minimum atomic E-state index is -0.0570. The third-order valence-corrected chi connectivity index (χ3v) is 4.55. The Bertz CT molecular complexity index is 746. The molecule has 2 aromatic rings. The van der Waals surface area contributed by atoms with Crippen LogP contribution in [-0.2, 0) is 17.9 Å². The first-order valence-electron chi connectivity index (χ1n) is 8.57. The summed E-state index contributed by atoms with van der Waals surface area (Å²) in [5.74, 6) is 0.835. The van der Waals surface area contributed by atoms with E-state index in [9.17, 15) is 4.79 Å². The van der Waals surface area contributed by atoms with Crippen LogP contribution in [0.1, 0.15) is 31.4 Å². The van der Waals surface area contributed by atoms with Crippen molar-refractivity contribution >= 4 is 23.2 Å². The van der Waals surface area contributed by atoms with Crippen LogP contribution in [0, 0.1) is 0 Å². The van der Waals surface area contributed by atoms with Crippen molar-refractivity contribution in [3.05, 3.63) is 58.6 Å². The van der Waals surface area contributed by atoms with E-state index >= 15 is 0 Å². The molecule has 5 heteroatoms. The van der Waals surface area contributed by atoms with Crippen molar-refractivity contribution < 1.29 is 9.53 Å². The van der Waals surface area contributed by atoms with Gasteiger partial charge in [-0.2, -0.15) is 0 Å². The number of benzene rings is 2. The number of fused-ring (bicyclic) bond motifs is 1. The number of nitrogens with one attached hydrogen (secondary N) is 1. The Morgan fingerprint density at radius 1 is 1.28 bits per heavy atom. The van der Waals surface area contributed by atoms with Gasteiger partial charge in [-0.25, -0.2) is 0 Å². The number of anilines is 1. The van der Waals surface area contributed by atoms with E-state index in [1.807, 2.05) is 30.3 Å². The number of rotatable bonds is 4. The van der Waals surface area contributed by atoms with Gasteiger partial charge in [0.15, 0.2) is 0 Å².